The number of fused-ring (bicyclic) bond motifs is 3. The summed E-state index contributed by atoms with van der Waals surface area (Å²) >= 11 is 4.91. The first-order valence-corrected chi connectivity index (χ1v) is 16.7. The molecule has 0 aliphatic carbocycles. The Kier molecular flexibility index (Phi) is 7.44. The van der Waals surface area contributed by atoms with Crippen molar-refractivity contribution in [2.24, 2.45) is 0 Å². The van der Waals surface area contributed by atoms with Crippen molar-refractivity contribution in [1.29, 1.82) is 0 Å². The topological polar surface area (TPSA) is 77.6 Å². The van der Waals surface area contributed by atoms with E-state index in [-0.39, 0.29) is 0 Å². The molecule has 3 aromatic heterocycles. The van der Waals surface area contributed by atoms with E-state index in [9.17, 15) is 0 Å². The molecule has 0 saturated heterocycles. The maximum Gasteiger partial charge on any atom is 0.180 e. The number of hydrogen-bond acceptors (Lipinski definition) is 7. The molecule has 0 amide bonds. The average Bonchev–Trinajstić information content (AvgIpc) is 3.57. The van der Waals surface area contributed by atoms with Gasteiger partial charge in [0.05, 0.1) is 0 Å². The molecule has 0 saturated carbocycles. The summed E-state index contributed by atoms with van der Waals surface area (Å²) in [6.07, 6.45) is 0. The summed E-state index contributed by atoms with van der Waals surface area (Å²) in [7, 11) is 0. The highest BCUT2D eigenvalue weighted by Gasteiger charge is 2.19. The number of benzene rings is 6. The standard InChI is InChI=1S/C43H27N5OS/c50-36-24-23-32(43-47-41(28-15-6-2-7-16-28)46-42(48-43)29-17-8-3-9-18-29)26-34(36)30-19-12-20-31(25-30)37-39-38(33-21-10-11-22-35(33)49-39)45-40(44-37)27-13-4-1-5-14-27/h1-26,50H. The number of hydrogen-bond donors (Lipinski definition) is 1. The van der Waals surface area contributed by atoms with Crippen LogP contribution in [0.4, 0.5) is 0 Å². The maximum atomic E-state index is 6.41. The van der Waals surface area contributed by atoms with Gasteiger partial charge in [-0.1, -0.05) is 127 Å². The van der Waals surface area contributed by atoms with E-state index in [1.54, 1.807) is 0 Å². The minimum absolute atomic E-state index is 0.579. The minimum atomic E-state index is 0.579. The summed E-state index contributed by atoms with van der Waals surface area (Å²) in [5, 5.41) is 0.951. The fraction of sp³-hybridized carbons (Fsp3) is 0. The molecule has 0 aliphatic rings. The molecular weight excluding hydrogens is 635 g/mol. The number of aromatic nitrogens is 5. The van der Waals surface area contributed by atoms with E-state index in [0.717, 1.165) is 66.0 Å². The molecule has 236 valence electrons. The highest BCUT2D eigenvalue weighted by Crippen LogP contribution is 2.38. The summed E-state index contributed by atoms with van der Waals surface area (Å²) in [4.78, 5) is 25.6. The zero-order valence-corrected chi connectivity index (χ0v) is 27.5. The fourth-order valence-electron chi connectivity index (χ4n) is 6.18. The molecule has 3 heterocycles. The lowest BCUT2D eigenvalue weighted by atomic mass is 9.99. The van der Waals surface area contributed by atoms with Crippen molar-refractivity contribution >= 4 is 34.7 Å². The van der Waals surface area contributed by atoms with Crippen LogP contribution in [0.2, 0.25) is 0 Å². The molecule has 0 atom stereocenters. The van der Waals surface area contributed by atoms with E-state index in [0.29, 0.717) is 28.9 Å². The second-order valence-corrected chi connectivity index (χ2v) is 12.4. The van der Waals surface area contributed by atoms with Gasteiger partial charge < -0.3 is 4.42 Å². The monoisotopic (exact) mass is 661 g/mol. The second-order valence-electron chi connectivity index (χ2n) is 11.9. The van der Waals surface area contributed by atoms with Gasteiger partial charge in [0.15, 0.2) is 28.9 Å². The lowest BCUT2D eigenvalue weighted by Gasteiger charge is -2.12. The van der Waals surface area contributed by atoms with Crippen molar-refractivity contribution in [1.82, 2.24) is 24.9 Å². The number of furan rings is 1. The fourth-order valence-corrected chi connectivity index (χ4v) is 6.45. The number of nitrogens with zero attached hydrogens (tertiary/aromatic N) is 5. The highest BCUT2D eigenvalue weighted by atomic mass is 32.1. The van der Waals surface area contributed by atoms with E-state index in [1.165, 1.54) is 0 Å². The Balaban J connectivity index is 1.19. The van der Waals surface area contributed by atoms with Crippen molar-refractivity contribution in [3.05, 3.63) is 158 Å². The molecule has 6 nitrogen and oxygen atoms in total. The predicted octanol–water partition coefficient (Wildman–Crippen LogP) is 10.9. The first-order valence-electron chi connectivity index (χ1n) is 16.2. The van der Waals surface area contributed by atoms with Crippen LogP contribution in [0.15, 0.2) is 167 Å². The smallest absolute Gasteiger partial charge is 0.180 e. The molecule has 0 spiro atoms. The van der Waals surface area contributed by atoms with Crippen molar-refractivity contribution in [3.63, 3.8) is 0 Å². The van der Waals surface area contributed by atoms with Crippen molar-refractivity contribution in [3.8, 4) is 67.9 Å². The summed E-state index contributed by atoms with van der Waals surface area (Å²) in [6, 6.07) is 52.3. The quantitative estimate of drug-likeness (QED) is 0.179. The molecule has 0 N–H and O–H groups in total. The summed E-state index contributed by atoms with van der Waals surface area (Å²) in [6.45, 7) is 0. The molecule has 7 heteroatoms. The first-order chi connectivity index (χ1) is 24.7. The van der Waals surface area contributed by atoms with E-state index >= 15 is 0 Å². The van der Waals surface area contributed by atoms with Crippen LogP contribution < -0.4 is 0 Å². The van der Waals surface area contributed by atoms with E-state index in [1.807, 2.05) is 133 Å². The maximum absolute atomic E-state index is 6.41. The molecule has 9 rings (SSSR count). The Morgan fingerprint density at radius 1 is 0.400 bits per heavy atom. The van der Waals surface area contributed by atoms with E-state index in [2.05, 4.69) is 24.3 Å². The van der Waals surface area contributed by atoms with Gasteiger partial charge in [-0.15, -0.1) is 12.6 Å². The molecule has 0 fully saturated rings. The predicted molar refractivity (Wildman–Crippen MR) is 203 cm³/mol. The van der Waals surface area contributed by atoms with Crippen LogP contribution in [0.1, 0.15) is 0 Å². The van der Waals surface area contributed by atoms with E-state index < -0.39 is 0 Å². The van der Waals surface area contributed by atoms with E-state index in [4.69, 9.17) is 42.0 Å². The third kappa shape index (κ3) is 5.49. The van der Waals surface area contributed by atoms with Gasteiger partial charge in [0.25, 0.3) is 0 Å². The van der Waals surface area contributed by atoms with Crippen molar-refractivity contribution in [2.45, 2.75) is 4.90 Å². The Morgan fingerprint density at radius 2 is 0.920 bits per heavy atom. The Bertz CT molecular complexity index is 2600. The average molecular weight is 662 g/mol. The molecule has 0 unspecified atom stereocenters. The van der Waals surface area contributed by atoms with Crippen LogP contribution in [0, 0.1) is 0 Å². The lowest BCUT2D eigenvalue weighted by molar-refractivity contribution is 0.667. The van der Waals surface area contributed by atoms with Crippen LogP contribution in [0.3, 0.4) is 0 Å². The minimum Gasteiger partial charge on any atom is -0.452 e. The van der Waals surface area contributed by atoms with Gasteiger partial charge >= 0.3 is 0 Å². The van der Waals surface area contributed by atoms with Crippen LogP contribution >= 0.6 is 12.6 Å². The Labute approximate surface area is 293 Å². The molecular formula is C43H27N5OS. The van der Waals surface area contributed by atoms with Gasteiger partial charge in [0.1, 0.15) is 16.8 Å². The number of thiol groups is 1. The normalized spacial score (nSPS) is 11.3. The van der Waals surface area contributed by atoms with Crippen LogP contribution in [0.25, 0.3) is 90.0 Å². The Hall–Kier alpha value is -6.44. The number of rotatable bonds is 6. The zero-order valence-electron chi connectivity index (χ0n) is 26.6. The molecule has 0 aliphatic heterocycles. The third-order valence-corrected chi connectivity index (χ3v) is 9.04. The van der Waals surface area contributed by atoms with Gasteiger partial charge in [-0.3, -0.25) is 0 Å². The second kappa shape index (κ2) is 12.5. The molecule has 0 bridgehead atoms. The summed E-state index contributed by atoms with van der Waals surface area (Å²) < 4.78 is 6.41. The SMILES string of the molecule is Sc1ccc(-c2nc(-c3ccccc3)nc(-c3ccccc3)n2)cc1-c1cccc(-c2nc(-c3ccccc3)nc3c2oc2ccccc23)c1. The Morgan fingerprint density at radius 3 is 1.56 bits per heavy atom. The van der Waals surface area contributed by atoms with Crippen molar-refractivity contribution in [2.75, 3.05) is 0 Å². The van der Waals surface area contributed by atoms with Crippen LogP contribution in [-0.4, -0.2) is 24.9 Å². The van der Waals surface area contributed by atoms with Crippen LogP contribution in [-0.2, 0) is 0 Å². The largest absolute Gasteiger partial charge is 0.452 e. The molecule has 9 aromatic rings. The summed E-state index contributed by atoms with van der Waals surface area (Å²) in [5.74, 6) is 2.44. The van der Waals surface area contributed by atoms with Crippen LogP contribution in [0.5, 0.6) is 0 Å². The molecule has 50 heavy (non-hydrogen) atoms. The summed E-state index contributed by atoms with van der Waals surface area (Å²) in [5.41, 5.74) is 9.37. The third-order valence-electron chi connectivity index (χ3n) is 8.65. The molecule has 0 radical (unpaired) electrons. The first kappa shape index (κ1) is 29.7. The lowest BCUT2D eigenvalue weighted by Crippen LogP contribution is -2.00. The van der Waals surface area contributed by atoms with Gasteiger partial charge in [-0.25, -0.2) is 24.9 Å². The van der Waals surface area contributed by atoms with Gasteiger partial charge in [-0.2, -0.15) is 0 Å². The van der Waals surface area contributed by atoms with Crippen molar-refractivity contribution < 1.29 is 4.42 Å². The van der Waals surface area contributed by atoms with Gasteiger partial charge in [0.2, 0.25) is 0 Å². The number of para-hydroxylation sites is 1. The zero-order chi connectivity index (χ0) is 33.4. The van der Waals surface area contributed by atoms with Gasteiger partial charge in [-0.05, 0) is 41.5 Å². The molecule has 6 aromatic carbocycles. The van der Waals surface area contributed by atoms with Gasteiger partial charge in [0, 0.05) is 38.1 Å². The highest BCUT2D eigenvalue weighted by molar-refractivity contribution is 7.80.